The highest BCUT2D eigenvalue weighted by atomic mass is 16.1. The molecule has 7 heteroatoms. The number of nitrogens with zero attached hydrogens (tertiary/aromatic N) is 3. The molecule has 0 atom stereocenters. The van der Waals surface area contributed by atoms with Gasteiger partial charge < -0.3 is 10.7 Å². The lowest BCUT2D eigenvalue weighted by atomic mass is 9.84. The number of nitrogens with two attached hydrogens (primary N) is 1. The van der Waals surface area contributed by atoms with E-state index in [2.05, 4.69) is 9.97 Å². The Labute approximate surface area is 166 Å². The molecule has 4 aromatic rings. The molecule has 3 heterocycles. The maximum Gasteiger partial charge on any atom is 0.271 e. The van der Waals surface area contributed by atoms with Gasteiger partial charge in [0.1, 0.15) is 22.4 Å². The average Bonchev–Trinajstić information content (AvgIpc) is 2.67. The minimum atomic E-state index is -0.393. The molecule has 0 radical (unpaired) electrons. The molecule has 1 saturated carbocycles. The maximum atomic E-state index is 13.5. The normalized spacial score (nSPS) is 14.4. The predicted octanol–water partition coefficient (Wildman–Crippen LogP) is 2.39. The number of aromatic amines is 1. The van der Waals surface area contributed by atoms with Crippen molar-refractivity contribution < 1.29 is 0 Å². The van der Waals surface area contributed by atoms with E-state index in [-0.39, 0.29) is 22.4 Å². The lowest BCUT2D eigenvalue weighted by molar-refractivity contribution is 0.394. The van der Waals surface area contributed by atoms with Gasteiger partial charge in [-0.2, -0.15) is 0 Å². The molecular weight excluding hydrogens is 366 g/mol. The molecule has 7 nitrogen and oxygen atoms in total. The first-order valence-corrected chi connectivity index (χ1v) is 9.90. The van der Waals surface area contributed by atoms with Crippen molar-refractivity contribution in [3.63, 3.8) is 0 Å². The van der Waals surface area contributed by atoms with Gasteiger partial charge in [-0.05, 0) is 49.6 Å². The van der Waals surface area contributed by atoms with Crippen LogP contribution >= 0.6 is 0 Å². The van der Waals surface area contributed by atoms with Crippen LogP contribution in [-0.2, 0) is 6.42 Å². The Kier molecular flexibility index (Phi) is 4.24. The summed E-state index contributed by atoms with van der Waals surface area (Å²) in [7, 11) is 0. The van der Waals surface area contributed by atoms with Gasteiger partial charge in [0, 0.05) is 12.1 Å². The molecule has 0 amide bonds. The lowest BCUT2D eigenvalue weighted by Gasteiger charge is -2.27. The van der Waals surface area contributed by atoms with E-state index < -0.39 is 5.43 Å². The van der Waals surface area contributed by atoms with Gasteiger partial charge in [-0.25, -0.2) is 4.98 Å². The van der Waals surface area contributed by atoms with Crippen molar-refractivity contribution in [3.8, 4) is 5.69 Å². The van der Waals surface area contributed by atoms with E-state index in [1.54, 1.807) is 10.8 Å². The number of aromatic nitrogens is 4. The minimum Gasteiger partial charge on any atom is -0.337 e. The predicted molar refractivity (Wildman–Crippen MR) is 113 cm³/mol. The van der Waals surface area contributed by atoms with Crippen LogP contribution in [0.25, 0.3) is 27.8 Å². The van der Waals surface area contributed by atoms with Crippen molar-refractivity contribution in [2.45, 2.75) is 31.6 Å². The molecule has 0 unspecified atom stereocenters. The van der Waals surface area contributed by atoms with Crippen molar-refractivity contribution in [3.05, 3.63) is 74.6 Å². The number of rotatable bonds is 4. The number of benzene rings is 1. The summed E-state index contributed by atoms with van der Waals surface area (Å²) in [5.74, 6) is 0.925. The molecular formula is C22H21N5O2. The van der Waals surface area contributed by atoms with Crippen molar-refractivity contribution in [1.82, 2.24) is 19.5 Å². The lowest BCUT2D eigenvalue weighted by Crippen LogP contribution is -2.31. The fourth-order valence-electron chi connectivity index (χ4n) is 3.93. The number of hydrogen-bond acceptors (Lipinski definition) is 5. The summed E-state index contributed by atoms with van der Waals surface area (Å²) >= 11 is 0. The van der Waals surface area contributed by atoms with Crippen LogP contribution in [0.3, 0.4) is 0 Å². The highest BCUT2D eigenvalue weighted by molar-refractivity contribution is 5.88. The van der Waals surface area contributed by atoms with E-state index in [1.165, 1.54) is 0 Å². The Hall–Kier alpha value is -3.32. The number of pyridine rings is 2. The first kappa shape index (κ1) is 17.8. The molecule has 1 aromatic carbocycles. The van der Waals surface area contributed by atoms with Gasteiger partial charge in [-0.3, -0.25) is 19.1 Å². The van der Waals surface area contributed by atoms with Crippen LogP contribution in [0.1, 0.15) is 36.6 Å². The van der Waals surface area contributed by atoms with Gasteiger partial charge >= 0.3 is 0 Å². The second kappa shape index (κ2) is 6.93. The number of fused-ring (bicyclic) bond motifs is 2. The zero-order valence-corrected chi connectivity index (χ0v) is 15.9. The topological polar surface area (TPSA) is 107 Å². The van der Waals surface area contributed by atoms with Crippen LogP contribution in [0, 0.1) is 0 Å². The molecule has 3 aromatic heterocycles. The monoisotopic (exact) mass is 387 g/mol. The van der Waals surface area contributed by atoms with E-state index in [1.807, 2.05) is 36.4 Å². The fraction of sp³-hybridized carbons (Fsp3) is 0.273. The van der Waals surface area contributed by atoms with Crippen molar-refractivity contribution in [2.24, 2.45) is 5.73 Å². The van der Waals surface area contributed by atoms with E-state index in [4.69, 9.17) is 10.7 Å². The van der Waals surface area contributed by atoms with Gasteiger partial charge in [0.15, 0.2) is 0 Å². The smallest absolute Gasteiger partial charge is 0.271 e. The Bertz CT molecular complexity index is 1340. The number of nitrogens with one attached hydrogen (secondary N) is 1. The molecule has 146 valence electrons. The van der Waals surface area contributed by atoms with Crippen LogP contribution in [0.4, 0.5) is 0 Å². The average molecular weight is 387 g/mol. The highest BCUT2D eigenvalue weighted by Gasteiger charge is 2.27. The number of H-pyrrole nitrogens is 1. The van der Waals surface area contributed by atoms with Crippen molar-refractivity contribution in [1.29, 1.82) is 0 Å². The van der Waals surface area contributed by atoms with E-state index in [0.717, 1.165) is 30.5 Å². The minimum absolute atomic E-state index is 0.0449. The van der Waals surface area contributed by atoms with Crippen LogP contribution in [-0.4, -0.2) is 26.1 Å². The zero-order valence-electron chi connectivity index (χ0n) is 15.9. The Morgan fingerprint density at radius 2 is 1.97 bits per heavy atom. The van der Waals surface area contributed by atoms with Gasteiger partial charge in [0.25, 0.3) is 5.56 Å². The molecule has 1 aliphatic rings. The summed E-state index contributed by atoms with van der Waals surface area (Å²) in [6.07, 6.45) is 5.41. The second-order valence-corrected chi connectivity index (χ2v) is 7.53. The molecule has 5 rings (SSSR count). The Morgan fingerprint density at radius 3 is 2.66 bits per heavy atom. The van der Waals surface area contributed by atoms with Crippen LogP contribution in [0.15, 0.2) is 52.2 Å². The standard InChI is InChI=1S/C22H21N5O2/c23-10-9-13-11-16-18(24-12-13)19(28)17-20(25-16)26-21(14-5-4-6-14)27(22(17)29)15-7-2-1-3-8-15/h1-3,7-8,11-12,14H,4-6,9-10,23H2,(H,25,28). The Balaban J connectivity index is 1.86. The number of hydrogen-bond donors (Lipinski definition) is 2. The molecule has 1 fully saturated rings. The van der Waals surface area contributed by atoms with E-state index in [9.17, 15) is 9.59 Å². The summed E-state index contributed by atoms with van der Waals surface area (Å²) in [4.78, 5) is 38.9. The van der Waals surface area contributed by atoms with Gasteiger partial charge in [0.2, 0.25) is 5.43 Å². The van der Waals surface area contributed by atoms with Gasteiger partial charge in [-0.15, -0.1) is 0 Å². The van der Waals surface area contributed by atoms with Crippen LogP contribution in [0.5, 0.6) is 0 Å². The summed E-state index contributed by atoms with van der Waals surface area (Å²) in [5, 5.41) is 0.0449. The third-order valence-corrected chi connectivity index (χ3v) is 5.67. The molecule has 29 heavy (non-hydrogen) atoms. The summed E-state index contributed by atoms with van der Waals surface area (Å²) in [6.45, 7) is 0.497. The zero-order chi connectivity index (χ0) is 20.0. The first-order chi connectivity index (χ1) is 14.2. The molecule has 3 N–H and O–H groups in total. The Morgan fingerprint density at radius 1 is 1.17 bits per heavy atom. The third kappa shape index (κ3) is 2.86. The molecule has 0 aliphatic heterocycles. The van der Waals surface area contributed by atoms with Gasteiger partial charge in [-0.1, -0.05) is 24.6 Å². The second-order valence-electron chi connectivity index (χ2n) is 7.53. The van der Waals surface area contributed by atoms with Crippen LogP contribution in [0.2, 0.25) is 0 Å². The van der Waals surface area contributed by atoms with Crippen molar-refractivity contribution >= 4 is 22.1 Å². The molecule has 0 saturated heterocycles. The van der Waals surface area contributed by atoms with E-state index in [0.29, 0.717) is 30.0 Å². The third-order valence-electron chi connectivity index (χ3n) is 5.67. The fourth-order valence-corrected chi connectivity index (χ4v) is 3.93. The summed E-state index contributed by atoms with van der Waals surface area (Å²) in [5.41, 5.74) is 7.70. The van der Waals surface area contributed by atoms with E-state index >= 15 is 0 Å². The molecule has 1 aliphatic carbocycles. The quantitative estimate of drug-likeness (QED) is 0.523. The summed E-state index contributed by atoms with van der Waals surface area (Å²) < 4.78 is 1.59. The summed E-state index contributed by atoms with van der Waals surface area (Å²) in [6, 6.07) is 11.2. The SMILES string of the molecule is NCCc1cnc2c(=O)c3c(=O)n(-c4ccccc4)c(C4CCC4)nc3[nH]c2c1. The van der Waals surface area contributed by atoms with Crippen molar-refractivity contribution in [2.75, 3.05) is 6.54 Å². The molecule has 0 bridgehead atoms. The van der Waals surface area contributed by atoms with Crippen LogP contribution < -0.4 is 16.7 Å². The first-order valence-electron chi connectivity index (χ1n) is 9.90. The largest absolute Gasteiger partial charge is 0.337 e. The highest BCUT2D eigenvalue weighted by Crippen LogP contribution is 2.36. The number of para-hydroxylation sites is 1. The van der Waals surface area contributed by atoms with Gasteiger partial charge in [0.05, 0.1) is 11.2 Å². The maximum absolute atomic E-state index is 13.5. The molecule has 0 spiro atoms.